The van der Waals surface area contributed by atoms with Gasteiger partial charge in [0.15, 0.2) is 0 Å². The van der Waals surface area contributed by atoms with Gasteiger partial charge in [-0.05, 0) is 0 Å². The summed E-state index contributed by atoms with van der Waals surface area (Å²) in [6.45, 7) is 0. The van der Waals surface area contributed by atoms with Crippen LogP contribution in [0.1, 0.15) is 0 Å². The maximum Gasteiger partial charge on any atom is 0.362 e. The number of rotatable bonds is 1. The largest absolute Gasteiger partial charge is 0.362 e. The Morgan fingerprint density at radius 2 is 2.33 bits per heavy atom. The Labute approximate surface area is 33.7 Å². The van der Waals surface area contributed by atoms with Crippen molar-refractivity contribution in [2.45, 2.75) is 0 Å². The summed E-state index contributed by atoms with van der Waals surface area (Å²) in [5.41, 5.74) is 2.11. The zero-order chi connectivity index (χ0) is 4.57. The highest BCUT2D eigenvalue weighted by Crippen LogP contribution is 1.90. The van der Waals surface area contributed by atoms with E-state index in [1.165, 1.54) is 0 Å². The quantitative estimate of drug-likeness (QED) is 0.331. The van der Waals surface area contributed by atoms with Crippen LogP contribution in [-0.4, -0.2) is 17.5 Å². The van der Waals surface area contributed by atoms with Crippen LogP contribution in [0, 0.1) is 0 Å². The number of imide groups is 1. The Hall–Kier alpha value is -1.06. The SMILES string of the molecule is O=CN1NC1=O. The predicted molar refractivity (Wildman–Crippen MR) is 16.4 cm³/mol. The lowest BCUT2D eigenvalue weighted by Gasteiger charge is -1.64. The molecule has 1 aliphatic heterocycles. The molecular formula is C2H2N2O2. The molecule has 4 nitrogen and oxygen atoms in total. The minimum Gasteiger partial charge on any atom is -0.276 e. The fraction of sp³-hybridized carbons (Fsp3) is 0. The first-order chi connectivity index (χ1) is 2.84. The molecule has 1 rings (SSSR count). The molecule has 0 aromatic rings. The van der Waals surface area contributed by atoms with Gasteiger partial charge in [0, 0.05) is 0 Å². The number of amides is 3. The van der Waals surface area contributed by atoms with Gasteiger partial charge in [0.1, 0.15) is 0 Å². The minimum atomic E-state index is -0.329. The lowest BCUT2D eigenvalue weighted by Crippen LogP contribution is -1.92. The van der Waals surface area contributed by atoms with Gasteiger partial charge in [-0.15, -0.1) is 0 Å². The summed E-state index contributed by atoms with van der Waals surface area (Å²) >= 11 is 0. The molecule has 0 aliphatic carbocycles. The molecule has 0 unspecified atom stereocenters. The van der Waals surface area contributed by atoms with E-state index in [4.69, 9.17) is 0 Å². The second-order valence-electron chi connectivity index (χ2n) is 0.892. The van der Waals surface area contributed by atoms with Gasteiger partial charge in [0.25, 0.3) is 0 Å². The lowest BCUT2D eigenvalue weighted by molar-refractivity contribution is -0.113. The van der Waals surface area contributed by atoms with Crippen molar-refractivity contribution in [1.82, 2.24) is 10.4 Å². The molecule has 1 aliphatic rings. The van der Waals surface area contributed by atoms with Crippen molar-refractivity contribution in [3.63, 3.8) is 0 Å². The van der Waals surface area contributed by atoms with Crippen LogP contribution in [0.2, 0.25) is 0 Å². The van der Waals surface area contributed by atoms with E-state index >= 15 is 0 Å². The van der Waals surface area contributed by atoms with Crippen LogP contribution in [0.25, 0.3) is 0 Å². The number of carbonyl (C=O) groups is 2. The smallest absolute Gasteiger partial charge is 0.276 e. The number of carbonyl (C=O) groups excluding carboxylic acids is 2. The van der Waals surface area contributed by atoms with Gasteiger partial charge < -0.3 is 0 Å². The molecule has 1 N–H and O–H groups in total. The van der Waals surface area contributed by atoms with Crippen LogP contribution in [0.4, 0.5) is 4.79 Å². The normalized spacial score (nSPS) is 16.7. The molecule has 0 saturated carbocycles. The van der Waals surface area contributed by atoms with E-state index in [9.17, 15) is 9.59 Å². The lowest BCUT2D eigenvalue weighted by atomic mass is 11.2. The van der Waals surface area contributed by atoms with Crippen LogP contribution in [-0.2, 0) is 4.79 Å². The number of nitrogens with zero attached hydrogens (tertiary/aromatic N) is 1. The average molecular weight is 86.0 g/mol. The summed E-state index contributed by atoms with van der Waals surface area (Å²) in [6, 6.07) is -0.329. The van der Waals surface area contributed by atoms with Gasteiger partial charge in [0.2, 0.25) is 6.41 Å². The number of nitrogens with one attached hydrogen (secondary N) is 1. The average Bonchev–Trinajstić information content (AvgIpc) is 2.19. The topological polar surface area (TPSA) is 59.1 Å². The molecule has 1 saturated heterocycles. The Morgan fingerprint density at radius 3 is 2.33 bits per heavy atom. The standard InChI is InChI=1S/C2H2N2O2/c5-1-4-2(6)3-4/h1H,(H,3,6). The van der Waals surface area contributed by atoms with Crippen molar-refractivity contribution in [2.75, 3.05) is 0 Å². The fourth-order valence-corrected chi connectivity index (χ4v) is 0.152. The molecule has 0 bridgehead atoms. The van der Waals surface area contributed by atoms with E-state index in [-0.39, 0.29) is 6.03 Å². The zero-order valence-electron chi connectivity index (χ0n) is 2.84. The summed E-state index contributed by atoms with van der Waals surface area (Å²) in [7, 11) is 0. The summed E-state index contributed by atoms with van der Waals surface area (Å²) < 4.78 is 0. The molecular weight excluding hydrogens is 84.0 g/mol. The number of hydrogen-bond donors (Lipinski definition) is 1. The van der Waals surface area contributed by atoms with Crippen molar-refractivity contribution in [3.05, 3.63) is 0 Å². The zero-order valence-corrected chi connectivity index (χ0v) is 2.84. The van der Waals surface area contributed by atoms with E-state index in [0.29, 0.717) is 6.41 Å². The Balaban J connectivity index is 2.44. The Bertz CT molecular complexity index is 99.7. The molecule has 1 fully saturated rings. The fourth-order valence-electron chi connectivity index (χ4n) is 0.152. The van der Waals surface area contributed by atoms with Crippen molar-refractivity contribution in [1.29, 1.82) is 0 Å². The van der Waals surface area contributed by atoms with Gasteiger partial charge in [-0.3, -0.25) is 4.79 Å². The molecule has 0 aromatic carbocycles. The first-order valence-corrected chi connectivity index (χ1v) is 1.40. The Morgan fingerprint density at radius 1 is 1.83 bits per heavy atom. The van der Waals surface area contributed by atoms with E-state index in [0.717, 1.165) is 5.01 Å². The highest BCUT2D eigenvalue weighted by molar-refractivity contribution is 5.96. The molecule has 32 valence electrons. The summed E-state index contributed by atoms with van der Waals surface area (Å²) in [6.07, 6.45) is 0.419. The number of hydrazine groups is 1. The molecule has 4 heteroatoms. The van der Waals surface area contributed by atoms with E-state index in [1.807, 2.05) is 0 Å². The van der Waals surface area contributed by atoms with Crippen LogP contribution >= 0.6 is 0 Å². The van der Waals surface area contributed by atoms with Crippen LogP contribution in [0.15, 0.2) is 0 Å². The number of hydrogen-bond acceptors (Lipinski definition) is 2. The predicted octanol–water partition coefficient (Wildman–Crippen LogP) is -0.917. The van der Waals surface area contributed by atoms with Gasteiger partial charge in [-0.25, -0.2) is 10.2 Å². The summed E-state index contributed by atoms with van der Waals surface area (Å²) in [4.78, 5) is 19.1. The highest BCUT2D eigenvalue weighted by Gasteiger charge is 2.27. The second-order valence-corrected chi connectivity index (χ2v) is 0.892. The van der Waals surface area contributed by atoms with E-state index < -0.39 is 0 Å². The van der Waals surface area contributed by atoms with Crippen molar-refractivity contribution >= 4 is 12.4 Å². The van der Waals surface area contributed by atoms with Crippen molar-refractivity contribution in [3.8, 4) is 0 Å². The van der Waals surface area contributed by atoms with Crippen molar-refractivity contribution < 1.29 is 9.59 Å². The maximum atomic E-state index is 9.70. The third-order valence-electron chi connectivity index (χ3n) is 0.490. The monoisotopic (exact) mass is 86.0 g/mol. The first kappa shape index (κ1) is 3.14. The summed E-state index contributed by atoms with van der Waals surface area (Å²) in [5, 5.41) is 0.847. The minimum absolute atomic E-state index is 0.329. The second kappa shape index (κ2) is 0.707. The molecule has 0 radical (unpaired) electrons. The Kier molecular flexibility index (Phi) is 0.370. The first-order valence-electron chi connectivity index (χ1n) is 1.40. The summed E-state index contributed by atoms with van der Waals surface area (Å²) in [5.74, 6) is 0. The van der Waals surface area contributed by atoms with Crippen molar-refractivity contribution in [2.24, 2.45) is 0 Å². The van der Waals surface area contributed by atoms with Gasteiger partial charge in [-0.1, -0.05) is 0 Å². The molecule has 6 heavy (non-hydrogen) atoms. The number of urea groups is 1. The van der Waals surface area contributed by atoms with Gasteiger partial charge >= 0.3 is 6.03 Å². The molecule has 0 spiro atoms. The van der Waals surface area contributed by atoms with Crippen LogP contribution in [0.3, 0.4) is 0 Å². The molecule has 0 aromatic heterocycles. The maximum absolute atomic E-state index is 9.70. The molecule has 1 heterocycles. The third kappa shape index (κ3) is 0.230. The van der Waals surface area contributed by atoms with Crippen LogP contribution < -0.4 is 5.43 Å². The van der Waals surface area contributed by atoms with Crippen LogP contribution in [0.5, 0.6) is 0 Å². The third-order valence-corrected chi connectivity index (χ3v) is 0.490. The van der Waals surface area contributed by atoms with E-state index in [2.05, 4.69) is 5.43 Å². The van der Waals surface area contributed by atoms with Gasteiger partial charge in [0.05, 0.1) is 0 Å². The molecule has 3 amide bonds. The molecule has 0 atom stereocenters. The highest BCUT2D eigenvalue weighted by atomic mass is 16.2. The van der Waals surface area contributed by atoms with Gasteiger partial charge in [-0.2, -0.15) is 5.01 Å². The van der Waals surface area contributed by atoms with E-state index in [1.54, 1.807) is 0 Å².